The molecule has 1 N–H and O–H groups in total. The third-order valence-electron chi connectivity index (χ3n) is 5.95. The van der Waals surface area contributed by atoms with Crippen molar-refractivity contribution in [2.24, 2.45) is 0 Å². The van der Waals surface area contributed by atoms with E-state index in [0.29, 0.717) is 4.47 Å². The van der Waals surface area contributed by atoms with E-state index in [4.69, 9.17) is 4.43 Å². The van der Waals surface area contributed by atoms with Crippen LogP contribution in [0.4, 0.5) is 14.9 Å². The molecule has 0 aromatic heterocycles. The monoisotopic (exact) mass is 458 g/mol. The summed E-state index contributed by atoms with van der Waals surface area (Å²) in [6.45, 7) is 11.3. The third-order valence-corrected chi connectivity index (χ3v) is 11.0. The van der Waals surface area contributed by atoms with Gasteiger partial charge in [0.2, 0.25) is 0 Å². The highest BCUT2D eigenvalue weighted by Gasteiger charge is 2.40. The van der Waals surface area contributed by atoms with Gasteiger partial charge in [0.15, 0.2) is 8.32 Å². The Labute approximate surface area is 172 Å². The minimum atomic E-state index is -1.76. The summed E-state index contributed by atoms with van der Waals surface area (Å²) in [5, 5.41) is 2.87. The van der Waals surface area contributed by atoms with Crippen LogP contribution in [0, 0.1) is 5.82 Å². The molecule has 152 valence electrons. The lowest BCUT2D eigenvalue weighted by atomic mass is 9.92. The van der Waals surface area contributed by atoms with Gasteiger partial charge in [-0.1, -0.05) is 36.7 Å². The van der Waals surface area contributed by atoms with E-state index in [9.17, 15) is 9.18 Å². The number of halogens is 2. The molecule has 1 saturated carbocycles. The highest BCUT2D eigenvalue weighted by atomic mass is 79.9. The molecule has 1 fully saturated rings. The summed E-state index contributed by atoms with van der Waals surface area (Å²) in [6.07, 6.45) is 4.02. The van der Waals surface area contributed by atoms with E-state index in [2.05, 4.69) is 55.1 Å². The average Bonchev–Trinajstić information content (AvgIpc) is 2.56. The van der Waals surface area contributed by atoms with Crippen molar-refractivity contribution < 1.29 is 13.6 Å². The molecule has 0 aliphatic heterocycles. The van der Waals surface area contributed by atoms with E-state index in [1.165, 1.54) is 6.07 Å². The summed E-state index contributed by atoms with van der Waals surface area (Å²) in [5.74, 6) is -0.447. The van der Waals surface area contributed by atoms with Gasteiger partial charge < -0.3 is 14.6 Å². The fraction of sp³-hybridized carbons (Fsp3) is 0.650. The molecule has 27 heavy (non-hydrogen) atoms. The van der Waals surface area contributed by atoms with Crippen molar-refractivity contribution in [3.05, 3.63) is 28.5 Å². The first-order chi connectivity index (χ1) is 12.4. The fourth-order valence-corrected chi connectivity index (χ4v) is 4.86. The lowest BCUT2D eigenvalue weighted by molar-refractivity contribution is 0.101. The maximum absolute atomic E-state index is 13.9. The number of nitrogens with zero attached hydrogens (tertiary/aromatic N) is 1. The van der Waals surface area contributed by atoms with E-state index < -0.39 is 14.1 Å². The second-order valence-electron chi connectivity index (χ2n) is 8.97. The Bertz CT molecular complexity index is 670. The quantitative estimate of drug-likeness (QED) is 0.531. The Morgan fingerprint density at radius 3 is 2.37 bits per heavy atom. The second kappa shape index (κ2) is 8.62. The van der Waals surface area contributed by atoms with Gasteiger partial charge in [-0.3, -0.25) is 0 Å². The maximum Gasteiger partial charge on any atom is 0.321 e. The zero-order valence-corrected chi connectivity index (χ0v) is 19.8. The van der Waals surface area contributed by atoms with Crippen molar-refractivity contribution in [3.63, 3.8) is 0 Å². The number of anilines is 1. The molecule has 0 atom stereocenters. The molecule has 4 nitrogen and oxygen atoms in total. The Balaban J connectivity index is 1.88. The molecule has 0 radical (unpaired) electrons. The van der Waals surface area contributed by atoms with Crippen molar-refractivity contribution in [2.45, 2.75) is 76.7 Å². The van der Waals surface area contributed by atoms with Crippen LogP contribution in [0.2, 0.25) is 18.1 Å². The summed E-state index contributed by atoms with van der Waals surface area (Å²) in [4.78, 5) is 14.2. The molecule has 1 aliphatic rings. The average molecular weight is 459 g/mol. The predicted octanol–water partition coefficient (Wildman–Crippen LogP) is 6.38. The predicted molar refractivity (Wildman–Crippen MR) is 115 cm³/mol. The van der Waals surface area contributed by atoms with Crippen molar-refractivity contribution in [1.82, 2.24) is 4.90 Å². The van der Waals surface area contributed by atoms with E-state index >= 15 is 0 Å². The van der Waals surface area contributed by atoms with Crippen molar-refractivity contribution in [1.29, 1.82) is 0 Å². The number of nitrogens with one attached hydrogen (secondary N) is 1. The number of benzene rings is 1. The molecule has 0 spiro atoms. The zero-order chi connectivity index (χ0) is 20.4. The van der Waals surface area contributed by atoms with Gasteiger partial charge in [-0.15, -0.1) is 0 Å². The summed E-state index contributed by atoms with van der Waals surface area (Å²) in [5.41, 5.74) is 0.199. The van der Waals surface area contributed by atoms with E-state index in [1.54, 1.807) is 24.1 Å². The Hall–Kier alpha value is -0.923. The maximum atomic E-state index is 13.9. The Morgan fingerprint density at radius 1 is 1.26 bits per heavy atom. The molecule has 1 aromatic rings. The highest BCUT2D eigenvalue weighted by Crippen LogP contribution is 2.39. The van der Waals surface area contributed by atoms with Crippen LogP contribution in [-0.2, 0) is 4.43 Å². The number of hydrogen-bond acceptors (Lipinski definition) is 2. The van der Waals surface area contributed by atoms with E-state index in [0.717, 1.165) is 25.7 Å². The zero-order valence-electron chi connectivity index (χ0n) is 17.2. The van der Waals surface area contributed by atoms with Gasteiger partial charge in [0, 0.05) is 23.7 Å². The van der Waals surface area contributed by atoms with Gasteiger partial charge in [0.1, 0.15) is 5.82 Å². The number of rotatable bonds is 4. The molecule has 2 amide bonds. The molecule has 0 heterocycles. The topological polar surface area (TPSA) is 41.6 Å². The standard InChI is InChI=1S/C20H32BrFN2O2Si/c1-20(2,3)27(5,6)26-16-10-8-15(9-11-16)24(4)19(25)23-18-12-7-14(21)13-17(18)22/h7,12-13,15-16H,8-11H2,1-6H3,(H,23,25). The first-order valence-electron chi connectivity index (χ1n) is 9.57. The number of amides is 2. The van der Waals surface area contributed by atoms with Crippen LogP contribution >= 0.6 is 15.9 Å². The van der Waals surface area contributed by atoms with Gasteiger partial charge in [-0.2, -0.15) is 0 Å². The van der Waals surface area contributed by atoms with Crippen LogP contribution in [-0.4, -0.2) is 38.4 Å². The number of carbonyl (C=O) groups excluding carboxylic acids is 1. The molecule has 7 heteroatoms. The number of carbonyl (C=O) groups is 1. The highest BCUT2D eigenvalue weighted by molar-refractivity contribution is 9.10. The Morgan fingerprint density at radius 2 is 1.85 bits per heavy atom. The van der Waals surface area contributed by atoms with Crippen molar-refractivity contribution >= 4 is 36.0 Å². The van der Waals surface area contributed by atoms with Gasteiger partial charge >= 0.3 is 6.03 Å². The van der Waals surface area contributed by atoms with Gasteiger partial charge in [-0.05, 0) is 62.0 Å². The SMILES string of the molecule is CN(C(=O)Nc1ccc(Br)cc1F)C1CCC(O[Si](C)(C)C(C)(C)C)CC1. The molecular formula is C20H32BrFN2O2Si. The molecule has 2 rings (SSSR count). The summed E-state index contributed by atoms with van der Waals surface area (Å²) >= 11 is 3.22. The largest absolute Gasteiger partial charge is 0.414 e. The Kier molecular flexibility index (Phi) is 7.14. The lowest BCUT2D eigenvalue weighted by Gasteiger charge is -2.42. The summed E-state index contributed by atoms with van der Waals surface area (Å²) in [7, 11) is 0.0198. The first-order valence-corrected chi connectivity index (χ1v) is 13.3. The van der Waals surface area contributed by atoms with E-state index in [1.807, 2.05) is 0 Å². The van der Waals surface area contributed by atoms with Crippen molar-refractivity contribution in [2.75, 3.05) is 12.4 Å². The lowest BCUT2D eigenvalue weighted by Crippen LogP contribution is -2.47. The molecule has 0 unspecified atom stereocenters. The molecule has 1 aliphatic carbocycles. The van der Waals surface area contributed by atoms with E-state index in [-0.39, 0.29) is 28.9 Å². The van der Waals surface area contributed by atoms with Crippen LogP contribution < -0.4 is 5.32 Å². The smallest absolute Gasteiger partial charge is 0.321 e. The van der Waals surface area contributed by atoms with Gasteiger partial charge in [0.25, 0.3) is 0 Å². The minimum Gasteiger partial charge on any atom is -0.414 e. The van der Waals surface area contributed by atoms with Crippen molar-refractivity contribution in [3.8, 4) is 0 Å². The minimum absolute atomic E-state index is 0.155. The van der Waals surface area contributed by atoms with Crippen LogP contribution in [0.5, 0.6) is 0 Å². The summed E-state index contributed by atoms with van der Waals surface area (Å²) in [6, 6.07) is 4.50. The molecular weight excluding hydrogens is 427 g/mol. The van der Waals surface area contributed by atoms with Gasteiger partial charge in [0.05, 0.1) is 5.69 Å². The molecule has 0 saturated heterocycles. The number of hydrogen-bond donors (Lipinski definition) is 1. The summed E-state index contributed by atoms with van der Waals surface area (Å²) < 4.78 is 21.1. The van der Waals surface area contributed by atoms with Crippen LogP contribution in [0.3, 0.4) is 0 Å². The number of urea groups is 1. The van der Waals surface area contributed by atoms with Crippen LogP contribution in [0.25, 0.3) is 0 Å². The first kappa shape index (κ1) is 22.4. The third kappa shape index (κ3) is 5.78. The van der Waals surface area contributed by atoms with Crippen LogP contribution in [0.15, 0.2) is 22.7 Å². The van der Waals surface area contributed by atoms with Gasteiger partial charge in [-0.25, -0.2) is 9.18 Å². The second-order valence-corrected chi connectivity index (χ2v) is 14.6. The normalized spacial score (nSPS) is 21.0. The molecule has 0 bridgehead atoms. The fourth-order valence-electron chi connectivity index (χ4n) is 3.10. The van der Waals surface area contributed by atoms with Crippen LogP contribution in [0.1, 0.15) is 46.5 Å². The molecule has 1 aromatic carbocycles.